The monoisotopic (exact) mass is 378 g/mol. The molecule has 162 valence electrons. The van der Waals surface area contributed by atoms with Gasteiger partial charge in [0, 0.05) is 0 Å². The first-order valence-electron chi connectivity index (χ1n) is 11.7. The second kappa shape index (κ2) is 21.5. The average molecular weight is 379 g/mol. The molecule has 0 nitrogen and oxygen atoms in total. The first-order chi connectivity index (χ1) is 12.6. The third-order valence-corrected chi connectivity index (χ3v) is 4.21. The summed E-state index contributed by atoms with van der Waals surface area (Å²) in [6.07, 6.45) is 7.53. The Morgan fingerprint density at radius 3 is 1.44 bits per heavy atom. The molecular weight excluding hydrogens is 324 g/mol. The van der Waals surface area contributed by atoms with Crippen molar-refractivity contribution in [1.29, 1.82) is 0 Å². The Hall–Kier alpha value is -0.780. The third kappa shape index (κ3) is 23.2. The van der Waals surface area contributed by atoms with E-state index in [0.29, 0.717) is 0 Å². The maximum absolute atomic E-state index is 2.37. The van der Waals surface area contributed by atoms with E-state index in [0.717, 1.165) is 17.8 Å². The van der Waals surface area contributed by atoms with Crippen molar-refractivity contribution in [2.75, 3.05) is 0 Å². The van der Waals surface area contributed by atoms with Gasteiger partial charge in [-0.05, 0) is 55.1 Å². The van der Waals surface area contributed by atoms with Crippen LogP contribution in [0.4, 0.5) is 0 Å². The van der Waals surface area contributed by atoms with E-state index < -0.39 is 0 Å². The van der Waals surface area contributed by atoms with Crippen molar-refractivity contribution >= 4 is 0 Å². The van der Waals surface area contributed by atoms with Crippen LogP contribution >= 0.6 is 0 Å². The highest BCUT2D eigenvalue weighted by atomic mass is 14.1. The van der Waals surface area contributed by atoms with E-state index in [1.165, 1.54) is 44.1 Å². The van der Waals surface area contributed by atoms with Gasteiger partial charge in [0.1, 0.15) is 0 Å². The fraction of sp³-hybridized carbons (Fsp3) is 0.778. The Bertz CT molecular complexity index is 390. The van der Waals surface area contributed by atoms with Crippen molar-refractivity contribution in [3.63, 3.8) is 0 Å². The minimum atomic E-state index is 0.806. The summed E-state index contributed by atoms with van der Waals surface area (Å²) in [4.78, 5) is 0. The second-order valence-corrected chi connectivity index (χ2v) is 8.86. The van der Waals surface area contributed by atoms with Gasteiger partial charge in [0.2, 0.25) is 0 Å². The molecule has 0 unspecified atom stereocenters. The zero-order valence-corrected chi connectivity index (χ0v) is 21.2. The lowest BCUT2D eigenvalue weighted by atomic mass is 9.95. The molecule has 0 aliphatic heterocycles. The van der Waals surface area contributed by atoms with Gasteiger partial charge < -0.3 is 0 Å². The molecule has 0 bridgehead atoms. The molecule has 0 aromatic heterocycles. The summed E-state index contributed by atoms with van der Waals surface area (Å²) < 4.78 is 0. The van der Waals surface area contributed by atoms with E-state index in [4.69, 9.17) is 0 Å². The lowest BCUT2D eigenvalue weighted by Gasteiger charge is -2.11. The van der Waals surface area contributed by atoms with E-state index in [1.54, 1.807) is 11.1 Å². The smallest absolute Gasteiger partial charge is 0.0274 e. The molecule has 0 fully saturated rings. The fourth-order valence-corrected chi connectivity index (χ4v) is 1.94. The molecule has 0 N–H and O–H groups in total. The predicted molar refractivity (Wildman–Crippen MR) is 130 cm³/mol. The number of rotatable bonds is 6. The molecule has 0 amide bonds. The van der Waals surface area contributed by atoms with Crippen LogP contribution in [0.3, 0.4) is 0 Å². The molecule has 0 radical (unpaired) electrons. The Kier molecular flexibility index (Phi) is 24.7. The molecule has 0 heteroatoms. The van der Waals surface area contributed by atoms with Gasteiger partial charge in [0.25, 0.3) is 0 Å². The van der Waals surface area contributed by atoms with E-state index in [-0.39, 0.29) is 0 Å². The highest BCUT2D eigenvalue weighted by Gasteiger charge is 2.03. The van der Waals surface area contributed by atoms with Crippen molar-refractivity contribution in [1.82, 2.24) is 0 Å². The summed E-state index contributed by atoms with van der Waals surface area (Å²) in [7, 11) is 0. The van der Waals surface area contributed by atoms with Crippen LogP contribution in [0.2, 0.25) is 0 Å². The summed E-state index contributed by atoms with van der Waals surface area (Å²) in [5.74, 6) is 2.51. The highest BCUT2D eigenvalue weighted by Crippen LogP contribution is 2.17. The van der Waals surface area contributed by atoms with Gasteiger partial charge in [-0.2, -0.15) is 0 Å². The van der Waals surface area contributed by atoms with E-state index in [2.05, 4.69) is 101 Å². The Labute approximate surface area is 174 Å². The van der Waals surface area contributed by atoms with Gasteiger partial charge in [0.05, 0.1) is 0 Å². The van der Waals surface area contributed by atoms with Crippen molar-refractivity contribution < 1.29 is 0 Å². The molecule has 0 aliphatic carbocycles. The van der Waals surface area contributed by atoms with Gasteiger partial charge >= 0.3 is 0 Å². The van der Waals surface area contributed by atoms with Crippen molar-refractivity contribution in [3.8, 4) is 0 Å². The zero-order chi connectivity index (χ0) is 21.8. The largest absolute Gasteiger partial charge is 0.0656 e. The normalized spacial score (nSPS) is 9.89. The molecular formula is C27H54. The number of aryl methyl sites for hydroxylation is 3. The molecule has 27 heavy (non-hydrogen) atoms. The van der Waals surface area contributed by atoms with Crippen LogP contribution in [0.1, 0.15) is 119 Å². The standard InChI is InChI=1S/C15H24.C6H14.2C3H8/c1-5-6-14-10-8-13(4)11-15(14)9-7-12(2)3;1-5(2)6(3)4;2*1-3-2/h8,10-12H,5-7,9H2,1-4H3;5-6H,1-4H3;2*3H2,1-2H3. The molecule has 1 aromatic rings. The minimum Gasteiger partial charge on any atom is -0.0656 e. The molecule has 0 aliphatic rings. The van der Waals surface area contributed by atoms with Crippen LogP contribution in [0.5, 0.6) is 0 Å². The lowest BCUT2D eigenvalue weighted by molar-refractivity contribution is 0.457. The van der Waals surface area contributed by atoms with Gasteiger partial charge in [-0.1, -0.05) is 119 Å². The second-order valence-electron chi connectivity index (χ2n) is 8.86. The predicted octanol–water partition coefficient (Wildman–Crippen LogP) is 9.67. The van der Waals surface area contributed by atoms with Crippen LogP contribution in [0.25, 0.3) is 0 Å². The van der Waals surface area contributed by atoms with Crippen LogP contribution in [0, 0.1) is 24.7 Å². The topological polar surface area (TPSA) is 0 Å². The van der Waals surface area contributed by atoms with Gasteiger partial charge in [-0.25, -0.2) is 0 Å². The molecule has 0 atom stereocenters. The summed E-state index contributed by atoms with van der Waals surface area (Å²) in [5.41, 5.74) is 4.53. The third-order valence-electron chi connectivity index (χ3n) is 4.21. The maximum atomic E-state index is 2.37. The van der Waals surface area contributed by atoms with Crippen LogP contribution in [0.15, 0.2) is 18.2 Å². The van der Waals surface area contributed by atoms with Crippen LogP contribution in [-0.4, -0.2) is 0 Å². The quantitative estimate of drug-likeness (QED) is 0.462. The lowest BCUT2D eigenvalue weighted by Crippen LogP contribution is -1.98. The van der Waals surface area contributed by atoms with Crippen molar-refractivity contribution in [2.24, 2.45) is 17.8 Å². The first kappa shape index (κ1) is 30.9. The van der Waals surface area contributed by atoms with E-state index >= 15 is 0 Å². The van der Waals surface area contributed by atoms with Crippen LogP contribution < -0.4 is 0 Å². The SMILES string of the molecule is CC(C)C(C)C.CCC.CCC.CCCc1ccc(C)cc1CCC(C)C. The first-order valence-corrected chi connectivity index (χ1v) is 11.7. The molecule has 0 spiro atoms. The van der Waals surface area contributed by atoms with Gasteiger partial charge in [0.15, 0.2) is 0 Å². The summed E-state index contributed by atoms with van der Waals surface area (Å²) in [6, 6.07) is 6.92. The molecule has 0 saturated heterocycles. The maximum Gasteiger partial charge on any atom is -0.0274 e. The van der Waals surface area contributed by atoms with Gasteiger partial charge in [-0.3, -0.25) is 0 Å². The molecule has 0 heterocycles. The Balaban J connectivity index is -0.000000397. The molecule has 1 aromatic carbocycles. The molecule has 1 rings (SSSR count). The zero-order valence-electron chi connectivity index (χ0n) is 21.2. The summed E-state index contributed by atoms with van der Waals surface area (Å²) in [6.45, 7) is 26.5. The Morgan fingerprint density at radius 1 is 0.667 bits per heavy atom. The molecule has 0 saturated carbocycles. The Morgan fingerprint density at radius 2 is 1.11 bits per heavy atom. The van der Waals surface area contributed by atoms with Crippen molar-refractivity contribution in [3.05, 3.63) is 34.9 Å². The van der Waals surface area contributed by atoms with E-state index in [1.807, 2.05) is 0 Å². The number of benzene rings is 1. The van der Waals surface area contributed by atoms with Gasteiger partial charge in [-0.15, -0.1) is 0 Å². The highest BCUT2D eigenvalue weighted by molar-refractivity contribution is 5.31. The fourth-order valence-electron chi connectivity index (χ4n) is 1.94. The minimum absolute atomic E-state index is 0.806. The average Bonchev–Trinajstić information content (AvgIpc) is 2.57. The summed E-state index contributed by atoms with van der Waals surface area (Å²) >= 11 is 0. The summed E-state index contributed by atoms with van der Waals surface area (Å²) in [5, 5.41) is 0. The van der Waals surface area contributed by atoms with E-state index in [9.17, 15) is 0 Å². The number of hydrogen-bond donors (Lipinski definition) is 0. The van der Waals surface area contributed by atoms with Crippen molar-refractivity contribution in [2.45, 2.75) is 122 Å². The number of hydrogen-bond acceptors (Lipinski definition) is 0. The van der Waals surface area contributed by atoms with Crippen LogP contribution in [-0.2, 0) is 12.8 Å².